The highest BCUT2D eigenvalue weighted by Crippen LogP contribution is 2.31. The summed E-state index contributed by atoms with van der Waals surface area (Å²) in [5.74, 6) is 1.10. The molecule has 110 valence electrons. The minimum Gasteiger partial charge on any atom is -0.394 e. The molecule has 0 aliphatic rings. The van der Waals surface area contributed by atoms with E-state index in [-0.39, 0.29) is 0 Å². The maximum atomic E-state index is 6.26. The minimum absolute atomic E-state index is 0.332. The van der Waals surface area contributed by atoms with Crippen molar-refractivity contribution in [1.29, 1.82) is 0 Å². The van der Waals surface area contributed by atoms with E-state index in [2.05, 4.69) is 49.3 Å². The van der Waals surface area contributed by atoms with Crippen LogP contribution in [0.4, 0.5) is 11.5 Å². The van der Waals surface area contributed by atoms with Gasteiger partial charge < -0.3 is 10.6 Å². The topological polar surface area (TPSA) is 47.1 Å². The van der Waals surface area contributed by atoms with Crippen molar-refractivity contribution in [3.05, 3.63) is 5.69 Å². The Labute approximate surface area is 118 Å². The Morgan fingerprint density at radius 1 is 1.21 bits per heavy atom. The molecular weight excluding hydrogens is 236 g/mol. The fourth-order valence-corrected chi connectivity index (χ4v) is 2.34. The number of anilines is 2. The van der Waals surface area contributed by atoms with E-state index in [1.165, 1.54) is 19.3 Å². The summed E-state index contributed by atoms with van der Waals surface area (Å²) in [6.07, 6.45) is 3.71. The SMILES string of the molecule is CCCCCN(c1c(N)c(C)nn1C(C)C)C(C)C. The average Bonchev–Trinajstić information content (AvgIpc) is 2.62. The van der Waals surface area contributed by atoms with Crippen molar-refractivity contribution in [3.8, 4) is 0 Å². The number of hydrogen-bond acceptors (Lipinski definition) is 3. The first-order chi connectivity index (χ1) is 8.90. The van der Waals surface area contributed by atoms with E-state index >= 15 is 0 Å². The molecule has 0 saturated carbocycles. The van der Waals surface area contributed by atoms with Crippen LogP contribution in [-0.4, -0.2) is 22.4 Å². The van der Waals surface area contributed by atoms with Gasteiger partial charge in [0.15, 0.2) is 5.82 Å². The van der Waals surface area contributed by atoms with Gasteiger partial charge in [-0.1, -0.05) is 19.8 Å². The van der Waals surface area contributed by atoms with Crippen LogP contribution < -0.4 is 10.6 Å². The monoisotopic (exact) mass is 266 g/mol. The molecule has 4 heteroatoms. The van der Waals surface area contributed by atoms with Crippen molar-refractivity contribution in [3.63, 3.8) is 0 Å². The Bertz CT molecular complexity index is 393. The van der Waals surface area contributed by atoms with Crippen LogP contribution in [0.15, 0.2) is 0 Å². The molecule has 19 heavy (non-hydrogen) atoms. The van der Waals surface area contributed by atoms with E-state index in [1.54, 1.807) is 0 Å². The van der Waals surface area contributed by atoms with Crippen LogP contribution >= 0.6 is 0 Å². The summed E-state index contributed by atoms with van der Waals surface area (Å²) in [4.78, 5) is 2.39. The summed E-state index contributed by atoms with van der Waals surface area (Å²) in [5.41, 5.74) is 8.03. The lowest BCUT2D eigenvalue weighted by molar-refractivity contribution is 0.508. The second kappa shape index (κ2) is 6.83. The number of unbranched alkanes of at least 4 members (excludes halogenated alkanes) is 2. The van der Waals surface area contributed by atoms with E-state index in [4.69, 9.17) is 5.73 Å². The fraction of sp³-hybridized carbons (Fsp3) is 0.800. The first-order valence-electron chi connectivity index (χ1n) is 7.51. The highest BCUT2D eigenvalue weighted by atomic mass is 15.4. The largest absolute Gasteiger partial charge is 0.394 e. The van der Waals surface area contributed by atoms with Crippen molar-refractivity contribution in [2.75, 3.05) is 17.2 Å². The summed E-state index contributed by atoms with van der Waals surface area (Å²) < 4.78 is 2.07. The zero-order chi connectivity index (χ0) is 14.6. The summed E-state index contributed by atoms with van der Waals surface area (Å²) in [5, 5.41) is 4.59. The predicted octanol–water partition coefficient (Wildman–Crippen LogP) is 3.76. The minimum atomic E-state index is 0.332. The Morgan fingerprint density at radius 2 is 1.84 bits per heavy atom. The van der Waals surface area contributed by atoms with Crippen LogP contribution in [0, 0.1) is 6.92 Å². The van der Waals surface area contributed by atoms with Crippen molar-refractivity contribution in [1.82, 2.24) is 9.78 Å². The molecule has 1 aromatic heterocycles. The lowest BCUT2D eigenvalue weighted by atomic mass is 10.2. The first-order valence-corrected chi connectivity index (χ1v) is 7.51. The third kappa shape index (κ3) is 3.64. The second-order valence-electron chi connectivity index (χ2n) is 5.86. The smallest absolute Gasteiger partial charge is 0.151 e. The van der Waals surface area contributed by atoms with E-state index in [0.29, 0.717) is 12.1 Å². The number of aryl methyl sites for hydroxylation is 1. The van der Waals surface area contributed by atoms with E-state index in [9.17, 15) is 0 Å². The maximum absolute atomic E-state index is 6.26. The molecule has 0 spiro atoms. The molecular formula is C15H30N4. The Morgan fingerprint density at radius 3 is 2.32 bits per heavy atom. The van der Waals surface area contributed by atoms with Crippen LogP contribution in [0.2, 0.25) is 0 Å². The number of nitrogens with two attached hydrogens (primary N) is 1. The third-order valence-corrected chi connectivity index (χ3v) is 3.49. The Hall–Kier alpha value is -1.19. The van der Waals surface area contributed by atoms with Crippen molar-refractivity contribution >= 4 is 11.5 Å². The van der Waals surface area contributed by atoms with Crippen LogP contribution in [0.3, 0.4) is 0 Å². The number of nitrogen functional groups attached to an aromatic ring is 1. The quantitative estimate of drug-likeness (QED) is 0.764. The van der Waals surface area contributed by atoms with Crippen LogP contribution in [0.5, 0.6) is 0 Å². The zero-order valence-corrected chi connectivity index (χ0v) is 13.4. The summed E-state index contributed by atoms with van der Waals surface area (Å²) in [6.45, 7) is 14.0. The normalized spacial score (nSPS) is 11.6. The van der Waals surface area contributed by atoms with Gasteiger partial charge in [0.05, 0.1) is 11.4 Å². The molecule has 2 N–H and O–H groups in total. The molecule has 1 heterocycles. The van der Waals surface area contributed by atoms with Gasteiger partial charge in [-0.05, 0) is 41.0 Å². The fourth-order valence-electron chi connectivity index (χ4n) is 2.34. The molecule has 4 nitrogen and oxygen atoms in total. The molecule has 1 rings (SSSR count). The van der Waals surface area contributed by atoms with Gasteiger partial charge in [-0.15, -0.1) is 0 Å². The maximum Gasteiger partial charge on any atom is 0.151 e. The number of aromatic nitrogens is 2. The number of nitrogens with zero attached hydrogens (tertiary/aromatic N) is 3. The lowest BCUT2D eigenvalue weighted by Crippen LogP contribution is -2.34. The molecule has 0 aromatic carbocycles. The molecule has 0 fully saturated rings. The van der Waals surface area contributed by atoms with E-state index < -0.39 is 0 Å². The van der Waals surface area contributed by atoms with E-state index in [0.717, 1.165) is 23.7 Å². The molecule has 0 saturated heterocycles. The van der Waals surface area contributed by atoms with Crippen LogP contribution in [0.25, 0.3) is 0 Å². The lowest BCUT2D eigenvalue weighted by Gasteiger charge is -2.30. The van der Waals surface area contributed by atoms with Crippen molar-refractivity contribution < 1.29 is 0 Å². The summed E-state index contributed by atoms with van der Waals surface area (Å²) in [6, 6.07) is 0.770. The van der Waals surface area contributed by atoms with Crippen LogP contribution in [-0.2, 0) is 0 Å². The molecule has 0 aliphatic carbocycles. The summed E-state index contributed by atoms with van der Waals surface area (Å²) >= 11 is 0. The molecule has 0 amide bonds. The third-order valence-electron chi connectivity index (χ3n) is 3.49. The molecule has 0 bridgehead atoms. The molecule has 0 unspecified atom stereocenters. The second-order valence-corrected chi connectivity index (χ2v) is 5.86. The van der Waals surface area contributed by atoms with Gasteiger partial charge >= 0.3 is 0 Å². The van der Waals surface area contributed by atoms with Gasteiger partial charge in [0.25, 0.3) is 0 Å². The number of rotatable bonds is 7. The molecule has 0 radical (unpaired) electrons. The van der Waals surface area contributed by atoms with Gasteiger partial charge in [-0.25, -0.2) is 4.68 Å². The Kier molecular flexibility index (Phi) is 5.70. The number of hydrogen-bond donors (Lipinski definition) is 1. The molecule has 0 aliphatic heterocycles. The molecule has 0 atom stereocenters. The van der Waals surface area contributed by atoms with Gasteiger partial charge in [0.2, 0.25) is 0 Å². The van der Waals surface area contributed by atoms with Gasteiger partial charge in [0, 0.05) is 18.6 Å². The van der Waals surface area contributed by atoms with E-state index in [1.807, 2.05) is 6.92 Å². The standard InChI is InChI=1S/C15H30N4/c1-7-8-9-10-18(11(2)3)15-14(16)13(6)17-19(15)12(4)5/h11-12H,7-10,16H2,1-6H3. The summed E-state index contributed by atoms with van der Waals surface area (Å²) in [7, 11) is 0. The average molecular weight is 266 g/mol. The Balaban J connectivity index is 3.07. The first kappa shape index (κ1) is 15.9. The van der Waals surface area contributed by atoms with Gasteiger partial charge in [-0.3, -0.25) is 0 Å². The highest BCUT2D eigenvalue weighted by molar-refractivity contribution is 5.66. The van der Waals surface area contributed by atoms with Crippen LogP contribution in [0.1, 0.15) is 65.6 Å². The zero-order valence-electron chi connectivity index (χ0n) is 13.4. The predicted molar refractivity (Wildman–Crippen MR) is 83.8 cm³/mol. The molecule has 1 aromatic rings. The van der Waals surface area contributed by atoms with Crippen molar-refractivity contribution in [2.45, 2.75) is 72.9 Å². The highest BCUT2D eigenvalue weighted by Gasteiger charge is 2.22. The van der Waals surface area contributed by atoms with Gasteiger partial charge in [0.1, 0.15) is 0 Å². The van der Waals surface area contributed by atoms with Gasteiger partial charge in [-0.2, -0.15) is 5.10 Å². The van der Waals surface area contributed by atoms with Crippen molar-refractivity contribution in [2.24, 2.45) is 0 Å².